The van der Waals surface area contributed by atoms with Gasteiger partial charge in [0, 0.05) is 57.7 Å². The zero-order chi connectivity index (χ0) is 28.8. The summed E-state index contributed by atoms with van der Waals surface area (Å²) in [5.74, 6) is -1.82. The van der Waals surface area contributed by atoms with Gasteiger partial charge in [0.1, 0.15) is 6.04 Å². The van der Waals surface area contributed by atoms with Crippen molar-refractivity contribution in [2.45, 2.75) is 44.2 Å². The molecule has 0 aromatic heterocycles. The fraction of sp³-hybridized carbons (Fsp3) is 0.560. The third-order valence-electron chi connectivity index (χ3n) is 6.10. The van der Waals surface area contributed by atoms with Crippen LogP contribution in [0.25, 0.3) is 0 Å². The number of carbonyl (C=O) groups excluding carboxylic acids is 7. The molecular weight excluding hydrogens is 514 g/mol. The Morgan fingerprint density at radius 3 is 1.85 bits per heavy atom. The number of hydrogen-bond donors (Lipinski definition) is 3. The summed E-state index contributed by atoms with van der Waals surface area (Å²) in [5.41, 5.74) is 0. The molecule has 2 aliphatic rings. The fourth-order valence-corrected chi connectivity index (χ4v) is 3.97. The molecule has 0 spiro atoms. The van der Waals surface area contributed by atoms with E-state index in [0.29, 0.717) is 19.4 Å². The fourth-order valence-electron chi connectivity index (χ4n) is 3.97. The monoisotopic (exact) mass is 549 g/mol. The van der Waals surface area contributed by atoms with Gasteiger partial charge in [0.05, 0.1) is 20.3 Å². The molecule has 1 atom stereocenters. The zero-order valence-corrected chi connectivity index (χ0v) is 22.1. The lowest BCUT2D eigenvalue weighted by Gasteiger charge is -2.32. The van der Waals surface area contributed by atoms with E-state index in [1.54, 1.807) is 0 Å². The molecule has 0 aromatic rings. The molecule has 0 aromatic carbocycles. The summed E-state index contributed by atoms with van der Waals surface area (Å²) in [6.45, 7) is 0.518. The molecule has 0 saturated carbocycles. The van der Waals surface area contributed by atoms with Crippen LogP contribution in [-0.2, 0) is 33.4 Å². The molecule has 0 bridgehead atoms. The molecule has 14 nitrogen and oxygen atoms in total. The first kappa shape index (κ1) is 31.0. The van der Waals surface area contributed by atoms with Crippen molar-refractivity contribution in [2.24, 2.45) is 0 Å². The Morgan fingerprint density at radius 1 is 0.795 bits per heavy atom. The molecule has 0 aliphatic carbocycles. The predicted molar refractivity (Wildman–Crippen MR) is 136 cm³/mol. The van der Waals surface area contributed by atoms with Crippen LogP contribution < -0.4 is 16.0 Å². The maximum absolute atomic E-state index is 13.3. The minimum absolute atomic E-state index is 0.0162. The highest BCUT2D eigenvalue weighted by atomic mass is 16.5. The number of ether oxygens (including phenoxy) is 2. The number of alkyl carbamates (subject to hydrolysis) is 2. The third kappa shape index (κ3) is 11.0. The topological polar surface area (TPSA) is 181 Å². The summed E-state index contributed by atoms with van der Waals surface area (Å²) < 4.78 is 9.14. The van der Waals surface area contributed by atoms with Gasteiger partial charge in [-0.3, -0.25) is 24.0 Å². The average Bonchev–Trinajstić information content (AvgIpc) is 3.18. The van der Waals surface area contributed by atoms with Crippen molar-refractivity contribution in [2.75, 3.05) is 46.9 Å². The lowest BCUT2D eigenvalue weighted by atomic mass is 10.1. The van der Waals surface area contributed by atoms with Gasteiger partial charge in [-0.25, -0.2) is 9.59 Å². The minimum atomic E-state index is -1.01. The number of allylic oxidation sites excluding steroid dienone is 2. The maximum atomic E-state index is 13.3. The third-order valence-corrected chi connectivity index (χ3v) is 6.10. The first-order valence-electron chi connectivity index (χ1n) is 12.6. The highest BCUT2D eigenvalue weighted by Crippen LogP contribution is 2.09. The SMILES string of the molecule is COC(=O)NCCCCC(NC(=O)OC)C(=O)NC(CN1CCC(=O)C=CC1=O)CN1CCC(=O)C=CC1=O. The van der Waals surface area contributed by atoms with E-state index >= 15 is 0 Å². The Bertz CT molecular complexity index is 962. The van der Waals surface area contributed by atoms with Gasteiger partial charge in [-0.15, -0.1) is 0 Å². The van der Waals surface area contributed by atoms with E-state index in [1.165, 1.54) is 29.1 Å². The number of amides is 5. The van der Waals surface area contributed by atoms with E-state index in [4.69, 9.17) is 0 Å². The molecule has 1 unspecified atom stereocenters. The van der Waals surface area contributed by atoms with Gasteiger partial charge in [0.15, 0.2) is 11.6 Å². The Morgan fingerprint density at radius 2 is 1.33 bits per heavy atom. The standard InChI is InChI=1S/C25H35N5O9/c1-38-24(36)26-12-4-3-5-20(28-25(37)39-2)23(35)27-17(15-29-13-10-18(31)6-8-21(29)33)16-30-14-11-19(32)7-9-22(30)34/h6-9,17,20H,3-5,10-16H2,1-2H3,(H,26,36)(H,27,35)(H,28,37). The van der Waals surface area contributed by atoms with E-state index in [-0.39, 0.29) is 57.0 Å². The van der Waals surface area contributed by atoms with Gasteiger partial charge in [-0.05, 0) is 31.4 Å². The zero-order valence-electron chi connectivity index (χ0n) is 22.1. The number of methoxy groups -OCH3 is 2. The average molecular weight is 550 g/mol. The summed E-state index contributed by atoms with van der Waals surface area (Å²) in [6.07, 6.45) is 4.69. The Balaban J connectivity index is 2.14. The largest absolute Gasteiger partial charge is 0.453 e. The predicted octanol–water partition coefficient (Wildman–Crippen LogP) is -0.563. The number of nitrogens with one attached hydrogen (secondary N) is 3. The second-order valence-electron chi connectivity index (χ2n) is 8.98. The molecule has 2 rings (SSSR count). The van der Waals surface area contributed by atoms with E-state index in [1.807, 2.05) is 0 Å². The quantitative estimate of drug-likeness (QED) is 0.269. The van der Waals surface area contributed by atoms with Gasteiger partial charge >= 0.3 is 12.2 Å². The van der Waals surface area contributed by atoms with Gasteiger partial charge in [0.2, 0.25) is 17.7 Å². The lowest BCUT2D eigenvalue weighted by molar-refractivity contribution is -0.130. The van der Waals surface area contributed by atoms with Crippen LogP contribution in [0.4, 0.5) is 9.59 Å². The van der Waals surface area contributed by atoms with Crippen LogP contribution in [0.5, 0.6) is 0 Å². The van der Waals surface area contributed by atoms with Crippen LogP contribution in [0.15, 0.2) is 24.3 Å². The number of carbonyl (C=O) groups is 7. The maximum Gasteiger partial charge on any atom is 0.407 e. The smallest absolute Gasteiger partial charge is 0.407 e. The van der Waals surface area contributed by atoms with Crippen LogP contribution in [0.3, 0.4) is 0 Å². The van der Waals surface area contributed by atoms with Gasteiger partial charge < -0.3 is 35.2 Å². The van der Waals surface area contributed by atoms with Gasteiger partial charge in [-0.1, -0.05) is 0 Å². The van der Waals surface area contributed by atoms with Crippen LogP contribution in [-0.4, -0.2) is 110 Å². The van der Waals surface area contributed by atoms with Gasteiger partial charge in [-0.2, -0.15) is 0 Å². The molecular formula is C25H35N5O9. The highest BCUT2D eigenvalue weighted by Gasteiger charge is 2.29. The summed E-state index contributed by atoms with van der Waals surface area (Å²) in [5, 5.41) is 7.82. The molecule has 2 aliphatic heterocycles. The van der Waals surface area contributed by atoms with E-state index in [9.17, 15) is 33.6 Å². The van der Waals surface area contributed by atoms with Crippen molar-refractivity contribution in [1.82, 2.24) is 25.8 Å². The Hall–Kier alpha value is -4.23. The summed E-state index contributed by atoms with van der Waals surface area (Å²) in [4.78, 5) is 87.9. The molecule has 214 valence electrons. The molecule has 5 amide bonds. The van der Waals surface area contributed by atoms with E-state index < -0.39 is 42.0 Å². The summed E-state index contributed by atoms with van der Waals surface area (Å²) >= 11 is 0. The van der Waals surface area contributed by atoms with Crippen molar-refractivity contribution >= 4 is 41.5 Å². The number of ketones is 2. The molecule has 0 fully saturated rings. The first-order valence-corrected chi connectivity index (χ1v) is 12.6. The van der Waals surface area contributed by atoms with Crippen molar-refractivity contribution < 1.29 is 43.0 Å². The van der Waals surface area contributed by atoms with Crippen LogP contribution in [0.1, 0.15) is 32.1 Å². The number of rotatable bonds is 12. The van der Waals surface area contributed by atoms with Crippen molar-refractivity contribution in [3.05, 3.63) is 24.3 Å². The van der Waals surface area contributed by atoms with Crippen molar-refractivity contribution in [3.63, 3.8) is 0 Å². The Kier molecular flexibility index (Phi) is 12.6. The Labute approximate surface area is 226 Å². The normalized spacial score (nSPS) is 16.5. The number of unbranched alkanes of at least 4 members (excludes halogenated alkanes) is 1. The molecule has 2 heterocycles. The second kappa shape index (κ2) is 15.9. The van der Waals surface area contributed by atoms with Crippen LogP contribution in [0, 0.1) is 0 Å². The molecule has 0 saturated heterocycles. The van der Waals surface area contributed by atoms with Crippen molar-refractivity contribution in [1.29, 1.82) is 0 Å². The highest BCUT2D eigenvalue weighted by molar-refractivity contribution is 6.00. The van der Waals surface area contributed by atoms with Crippen LogP contribution in [0.2, 0.25) is 0 Å². The van der Waals surface area contributed by atoms with E-state index in [0.717, 1.165) is 19.3 Å². The molecule has 39 heavy (non-hydrogen) atoms. The molecule has 14 heteroatoms. The number of hydrogen-bond acceptors (Lipinski definition) is 9. The second-order valence-corrected chi connectivity index (χ2v) is 8.98. The number of nitrogens with zero attached hydrogens (tertiary/aromatic N) is 2. The first-order chi connectivity index (χ1) is 18.6. The summed E-state index contributed by atoms with van der Waals surface area (Å²) in [7, 11) is 2.40. The van der Waals surface area contributed by atoms with E-state index in [2.05, 4.69) is 25.4 Å². The summed E-state index contributed by atoms with van der Waals surface area (Å²) in [6, 6.07) is -1.79. The van der Waals surface area contributed by atoms with Crippen LogP contribution >= 0.6 is 0 Å². The van der Waals surface area contributed by atoms with Crippen molar-refractivity contribution in [3.8, 4) is 0 Å². The molecule has 3 N–H and O–H groups in total. The lowest BCUT2D eigenvalue weighted by Crippen LogP contribution is -2.56. The minimum Gasteiger partial charge on any atom is -0.453 e. The van der Waals surface area contributed by atoms with Gasteiger partial charge in [0.25, 0.3) is 0 Å². The molecule has 0 radical (unpaired) electrons.